The molecule has 1 unspecified atom stereocenters. The van der Waals surface area contributed by atoms with Crippen LogP contribution in [0, 0.1) is 24.2 Å². The zero-order valence-corrected chi connectivity index (χ0v) is 7.87. The van der Waals surface area contributed by atoms with Crippen LogP contribution in [0.25, 0.3) is 0 Å². The van der Waals surface area contributed by atoms with Gasteiger partial charge in [0.2, 0.25) is 5.89 Å². The highest BCUT2D eigenvalue weighted by atomic mass is 16.4. The zero-order chi connectivity index (χ0) is 9.68. The number of hydrogen-bond acceptors (Lipinski definition) is 4. The van der Waals surface area contributed by atoms with E-state index in [2.05, 4.69) is 16.4 Å². The maximum Gasteiger partial charge on any atom is 0.208 e. The minimum absolute atomic E-state index is 0.0241. The van der Waals surface area contributed by atoms with Gasteiger partial charge in [-0.25, -0.2) is 4.98 Å². The standard InChI is InChI=1S/C9H13N3O/c1-7(3-10)4-11-6-9-12-5-8(2)13-9/h5,7,11H,4,6H2,1-2H3. The van der Waals surface area contributed by atoms with E-state index < -0.39 is 0 Å². The van der Waals surface area contributed by atoms with Crippen LogP contribution in [0.5, 0.6) is 0 Å². The molecule has 1 aromatic heterocycles. The molecule has 4 heteroatoms. The lowest BCUT2D eigenvalue weighted by molar-refractivity contribution is 0.443. The number of rotatable bonds is 4. The summed E-state index contributed by atoms with van der Waals surface area (Å²) in [5.74, 6) is 1.50. The molecule has 0 spiro atoms. The Balaban J connectivity index is 2.25. The molecular weight excluding hydrogens is 166 g/mol. The molecule has 0 aliphatic carbocycles. The van der Waals surface area contributed by atoms with E-state index in [0.29, 0.717) is 19.0 Å². The predicted molar refractivity (Wildman–Crippen MR) is 47.7 cm³/mol. The normalized spacial score (nSPS) is 12.4. The third-order valence-electron chi connectivity index (χ3n) is 1.62. The molecule has 0 radical (unpaired) electrons. The Kier molecular flexibility index (Phi) is 3.47. The maximum atomic E-state index is 8.51. The van der Waals surface area contributed by atoms with Crippen molar-refractivity contribution in [1.82, 2.24) is 10.3 Å². The highest BCUT2D eigenvalue weighted by Gasteiger charge is 2.01. The number of nitrogens with zero attached hydrogens (tertiary/aromatic N) is 2. The van der Waals surface area contributed by atoms with E-state index in [-0.39, 0.29) is 5.92 Å². The second kappa shape index (κ2) is 4.63. The molecule has 70 valence electrons. The lowest BCUT2D eigenvalue weighted by atomic mass is 10.2. The summed E-state index contributed by atoms with van der Waals surface area (Å²) in [6, 6.07) is 2.14. The van der Waals surface area contributed by atoms with Gasteiger partial charge in [-0.2, -0.15) is 5.26 Å². The summed E-state index contributed by atoms with van der Waals surface area (Å²) in [5, 5.41) is 11.6. The Morgan fingerprint density at radius 3 is 3.08 bits per heavy atom. The van der Waals surface area contributed by atoms with Gasteiger partial charge in [-0.3, -0.25) is 0 Å². The molecule has 0 saturated carbocycles. The maximum absolute atomic E-state index is 8.51. The van der Waals surface area contributed by atoms with Gasteiger partial charge in [0.1, 0.15) is 5.76 Å². The lowest BCUT2D eigenvalue weighted by Gasteiger charge is -2.01. The molecule has 13 heavy (non-hydrogen) atoms. The van der Waals surface area contributed by atoms with E-state index in [1.165, 1.54) is 0 Å². The Morgan fingerprint density at radius 2 is 2.54 bits per heavy atom. The Bertz CT molecular complexity index is 300. The largest absolute Gasteiger partial charge is 0.445 e. The van der Waals surface area contributed by atoms with Crippen LogP contribution >= 0.6 is 0 Å². The summed E-state index contributed by atoms with van der Waals surface area (Å²) in [6.07, 6.45) is 1.69. The van der Waals surface area contributed by atoms with Crippen molar-refractivity contribution in [2.24, 2.45) is 5.92 Å². The van der Waals surface area contributed by atoms with E-state index in [4.69, 9.17) is 9.68 Å². The highest BCUT2D eigenvalue weighted by molar-refractivity contribution is 4.90. The summed E-state index contributed by atoms with van der Waals surface area (Å²) in [5.41, 5.74) is 0. The topological polar surface area (TPSA) is 61.9 Å². The summed E-state index contributed by atoms with van der Waals surface area (Å²) >= 11 is 0. The fourth-order valence-electron chi connectivity index (χ4n) is 0.924. The molecular formula is C9H13N3O. The van der Waals surface area contributed by atoms with E-state index in [0.717, 1.165) is 5.76 Å². The first kappa shape index (κ1) is 9.75. The molecule has 0 saturated heterocycles. The molecule has 1 atom stereocenters. The molecule has 1 aromatic rings. The van der Waals surface area contributed by atoms with Gasteiger partial charge in [-0.15, -0.1) is 0 Å². The third-order valence-corrected chi connectivity index (χ3v) is 1.62. The first-order valence-electron chi connectivity index (χ1n) is 4.24. The molecule has 1 rings (SSSR count). The van der Waals surface area contributed by atoms with Gasteiger partial charge < -0.3 is 9.73 Å². The average Bonchev–Trinajstić information content (AvgIpc) is 2.51. The highest BCUT2D eigenvalue weighted by Crippen LogP contribution is 2.00. The van der Waals surface area contributed by atoms with Crippen LogP contribution in [0.15, 0.2) is 10.6 Å². The molecule has 1 N–H and O–H groups in total. The molecule has 1 heterocycles. The molecule has 0 bridgehead atoms. The fourth-order valence-corrected chi connectivity index (χ4v) is 0.924. The van der Waals surface area contributed by atoms with Crippen molar-refractivity contribution >= 4 is 0 Å². The van der Waals surface area contributed by atoms with Crippen LogP contribution in [0.1, 0.15) is 18.6 Å². The number of aromatic nitrogens is 1. The van der Waals surface area contributed by atoms with Gasteiger partial charge in [0.25, 0.3) is 0 Å². The second-order valence-electron chi connectivity index (χ2n) is 3.03. The van der Waals surface area contributed by atoms with Crippen LogP contribution in [0.2, 0.25) is 0 Å². The van der Waals surface area contributed by atoms with Crippen molar-refractivity contribution in [1.29, 1.82) is 5.26 Å². The molecule has 0 aromatic carbocycles. The fraction of sp³-hybridized carbons (Fsp3) is 0.556. The van der Waals surface area contributed by atoms with Crippen molar-refractivity contribution in [3.63, 3.8) is 0 Å². The van der Waals surface area contributed by atoms with Crippen LogP contribution in [-0.4, -0.2) is 11.5 Å². The van der Waals surface area contributed by atoms with Crippen LogP contribution in [-0.2, 0) is 6.54 Å². The van der Waals surface area contributed by atoms with Gasteiger partial charge >= 0.3 is 0 Å². The van der Waals surface area contributed by atoms with Crippen molar-refractivity contribution in [3.05, 3.63) is 17.8 Å². The van der Waals surface area contributed by atoms with Crippen LogP contribution in [0.4, 0.5) is 0 Å². The summed E-state index contributed by atoms with van der Waals surface area (Å²) < 4.78 is 5.24. The predicted octanol–water partition coefficient (Wildman–Crippen LogP) is 1.23. The first-order valence-corrected chi connectivity index (χ1v) is 4.24. The second-order valence-corrected chi connectivity index (χ2v) is 3.03. The van der Waals surface area contributed by atoms with Gasteiger partial charge in [-0.1, -0.05) is 0 Å². The van der Waals surface area contributed by atoms with Crippen LogP contribution < -0.4 is 5.32 Å². The quantitative estimate of drug-likeness (QED) is 0.755. The van der Waals surface area contributed by atoms with Crippen molar-refractivity contribution in [3.8, 4) is 6.07 Å². The van der Waals surface area contributed by atoms with E-state index in [1.807, 2.05) is 13.8 Å². The van der Waals surface area contributed by atoms with E-state index in [1.54, 1.807) is 6.20 Å². The third kappa shape index (κ3) is 3.26. The summed E-state index contributed by atoms with van der Waals surface area (Å²) in [7, 11) is 0. The van der Waals surface area contributed by atoms with E-state index >= 15 is 0 Å². The number of oxazole rings is 1. The van der Waals surface area contributed by atoms with Crippen molar-refractivity contribution < 1.29 is 4.42 Å². The first-order chi connectivity index (χ1) is 6.22. The number of aryl methyl sites for hydroxylation is 1. The molecule has 0 fully saturated rings. The molecule has 4 nitrogen and oxygen atoms in total. The minimum atomic E-state index is 0.0241. The molecule has 0 aliphatic rings. The number of nitriles is 1. The Morgan fingerprint density at radius 1 is 1.77 bits per heavy atom. The number of hydrogen-bond donors (Lipinski definition) is 1. The van der Waals surface area contributed by atoms with Gasteiger partial charge in [-0.05, 0) is 13.8 Å². The monoisotopic (exact) mass is 179 g/mol. The van der Waals surface area contributed by atoms with Crippen molar-refractivity contribution in [2.45, 2.75) is 20.4 Å². The van der Waals surface area contributed by atoms with Gasteiger partial charge in [0.05, 0.1) is 24.7 Å². The Hall–Kier alpha value is -1.34. The average molecular weight is 179 g/mol. The van der Waals surface area contributed by atoms with Crippen LogP contribution in [0.3, 0.4) is 0 Å². The molecule has 0 amide bonds. The lowest BCUT2D eigenvalue weighted by Crippen LogP contribution is -2.19. The summed E-state index contributed by atoms with van der Waals surface area (Å²) in [6.45, 7) is 4.97. The van der Waals surface area contributed by atoms with Crippen molar-refractivity contribution in [2.75, 3.05) is 6.54 Å². The Labute approximate surface area is 77.6 Å². The minimum Gasteiger partial charge on any atom is -0.445 e. The summed E-state index contributed by atoms with van der Waals surface area (Å²) in [4.78, 5) is 4.03. The van der Waals surface area contributed by atoms with Gasteiger partial charge in [0, 0.05) is 6.54 Å². The number of nitrogens with one attached hydrogen (secondary N) is 1. The SMILES string of the molecule is Cc1cnc(CNCC(C)C#N)o1. The molecule has 0 aliphatic heterocycles. The zero-order valence-electron chi connectivity index (χ0n) is 7.87. The van der Waals surface area contributed by atoms with Gasteiger partial charge in [0.15, 0.2) is 0 Å². The smallest absolute Gasteiger partial charge is 0.208 e. The van der Waals surface area contributed by atoms with E-state index in [9.17, 15) is 0 Å².